The highest BCUT2D eigenvalue weighted by molar-refractivity contribution is 7.03. The smallest absolute Gasteiger partial charge is 0.183 e. The standard InChI is InChI=1S/C12H12N6S/c1-8-14-12(17-15-8)10-4-2-3-5-11(10)13-6-9-7-19-18-16-9/h2-5,7,13H,6H2,1H3,(H,14,15,17). The van der Waals surface area contributed by atoms with Crippen LogP contribution >= 0.6 is 11.5 Å². The van der Waals surface area contributed by atoms with Crippen molar-refractivity contribution in [2.75, 3.05) is 5.32 Å². The molecule has 96 valence electrons. The Bertz CT molecular complexity index is 660. The van der Waals surface area contributed by atoms with Crippen LogP contribution in [-0.4, -0.2) is 24.8 Å². The van der Waals surface area contributed by atoms with E-state index in [1.807, 2.05) is 36.6 Å². The quantitative estimate of drug-likeness (QED) is 0.761. The van der Waals surface area contributed by atoms with Gasteiger partial charge in [-0.15, -0.1) is 5.10 Å². The zero-order valence-electron chi connectivity index (χ0n) is 10.3. The van der Waals surface area contributed by atoms with Crippen LogP contribution < -0.4 is 5.32 Å². The second kappa shape index (κ2) is 5.15. The molecule has 19 heavy (non-hydrogen) atoms. The first-order valence-electron chi connectivity index (χ1n) is 5.81. The number of aromatic amines is 1. The summed E-state index contributed by atoms with van der Waals surface area (Å²) in [5.41, 5.74) is 2.87. The topological polar surface area (TPSA) is 79.4 Å². The lowest BCUT2D eigenvalue weighted by atomic mass is 10.1. The lowest BCUT2D eigenvalue weighted by Crippen LogP contribution is -2.01. The molecule has 0 unspecified atom stereocenters. The zero-order valence-corrected chi connectivity index (χ0v) is 11.1. The van der Waals surface area contributed by atoms with Gasteiger partial charge in [-0.3, -0.25) is 5.10 Å². The van der Waals surface area contributed by atoms with Crippen LogP contribution in [0.3, 0.4) is 0 Å². The first-order valence-corrected chi connectivity index (χ1v) is 6.65. The highest BCUT2D eigenvalue weighted by atomic mass is 32.1. The zero-order chi connectivity index (χ0) is 13.1. The number of hydrogen-bond acceptors (Lipinski definition) is 6. The lowest BCUT2D eigenvalue weighted by molar-refractivity contribution is 0.998. The van der Waals surface area contributed by atoms with Gasteiger partial charge in [-0.05, 0) is 30.6 Å². The molecule has 0 saturated heterocycles. The molecule has 0 fully saturated rings. The summed E-state index contributed by atoms with van der Waals surface area (Å²) in [5, 5.41) is 16.3. The molecule has 7 heteroatoms. The van der Waals surface area contributed by atoms with E-state index in [-0.39, 0.29) is 0 Å². The first-order chi connectivity index (χ1) is 9.33. The van der Waals surface area contributed by atoms with E-state index < -0.39 is 0 Å². The molecule has 0 aliphatic carbocycles. The molecule has 0 spiro atoms. The number of nitrogens with zero attached hydrogens (tertiary/aromatic N) is 4. The van der Waals surface area contributed by atoms with Gasteiger partial charge in [0.05, 0.1) is 12.2 Å². The van der Waals surface area contributed by atoms with Crippen LogP contribution in [0, 0.1) is 6.92 Å². The van der Waals surface area contributed by atoms with Crippen LogP contribution in [0.15, 0.2) is 29.6 Å². The van der Waals surface area contributed by atoms with Gasteiger partial charge < -0.3 is 5.32 Å². The molecular formula is C12H12N6S. The summed E-state index contributed by atoms with van der Waals surface area (Å²) < 4.78 is 3.84. The fourth-order valence-electron chi connectivity index (χ4n) is 1.74. The van der Waals surface area contributed by atoms with Crippen molar-refractivity contribution in [1.82, 2.24) is 24.8 Å². The molecule has 0 aliphatic rings. The van der Waals surface area contributed by atoms with Crippen molar-refractivity contribution in [2.45, 2.75) is 13.5 Å². The minimum absolute atomic E-state index is 0.636. The average molecular weight is 272 g/mol. The molecule has 0 amide bonds. The van der Waals surface area contributed by atoms with E-state index in [4.69, 9.17) is 0 Å². The molecule has 2 heterocycles. The van der Waals surface area contributed by atoms with E-state index in [1.165, 1.54) is 11.5 Å². The van der Waals surface area contributed by atoms with Crippen LogP contribution in [0.25, 0.3) is 11.4 Å². The van der Waals surface area contributed by atoms with Crippen LogP contribution in [0.4, 0.5) is 5.69 Å². The molecule has 2 N–H and O–H groups in total. The van der Waals surface area contributed by atoms with Crippen molar-refractivity contribution < 1.29 is 0 Å². The van der Waals surface area contributed by atoms with Gasteiger partial charge in [-0.25, -0.2) is 4.98 Å². The number of para-hydroxylation sites is 1. The Balaban J connectivity index is 1.85. The molecular weight excluding hydrogens is 260 g/mol. The lowest BCUT2D eigenvalue weighted by Gasteiger charge is -2.08. The number of rotatable bonds is 4. The maximum absolute atomic E-state index is 4.35. The normalized spacial score (nSPS) is 10.6. The molecule has 1 aromatic carbocycles. The number of H-pyrrole nitrogens is 1. The fraction of sp³-hybridized carbons (Fsp3) is 0.167. The predicted octanol–water partition coefficient (Wildman–Crippen LogP) is 2.24. The Labute approximate surface area is 114 Å². The summed E-state index contributed by atoms with van der Waals surface area (Å²) in [5.74, 6) is 1.49. The highest BCUT2D eigenvalue weighted by Crippen LogP contribution is 2.25. The molecule has 0 saturated carbocycles. The Morgan fingerprint density at radius 1 is 1.32 bits per heavy atom. The third-order valence-corrected chi connectivity index (χ3v) is 3.18. The molecule has 6 nitrogen and oxygen atoms in total. The second-order valence-corrected chi connectivity index (χ2v) is 4.65. The Morgan fingerprint density at radius 2 is 2.21 bits per heavy atom. The molecule has 0 aliphatic heterocycles. The SMILES string of the molecule is Cc1nc(-c2ccccc2NCc2csnn2)n[nH]1. The van der Waals surface area contributed by atoms with Crippen LogP contribution in [0.5, 0.6) is 0 Å². The summed E-state index contributed by atoms with van der Waals surface area (Å²) in [4.78, 5) is 4.35. The summed E-state index contributed by atoms with van der Waals surface area (Å²) in [6, 6.07) is 7.94. The van der Waals surface area contributed by atoms with E-state index in [0.717, 1.165) is 22.8 Å². The summed E-state index contributed by atoms with van der Waals surface area (Å²) in [6.07, 6.45) is 0. The second-order valence-electron chi connectivity index (χ2n) is 4.04. The van der Waals surface area contributed by atoms with E-state index in [0.29, 0.717) is 12.4 Å². The molecule has 0 radical (unpaired) electrons. The average Bonchev–Trinajstić information content (AvgIpc) is 3.08. The monoisotopic (exact) mass is 272 g/mol. The van der Waals surface area contributed by atoms with Gasteiger partial charge in [0.1, 0.15) is 5.82 Å². The fourth-order valence-corrected chi connectivity index (χ4v) is 2.19. The minimum Gasteiger partial charge on any atom is -0.379 e. The summed E-state index contributed by atoms with van der Waals surface area (Å²) in [7, 11) is 0. The van der Waals surface area contributed by atoms with Crippen LogP contribution in [-0.2, 0) is 6.54 Å². The highest BCUT2D eigenvalue weighted by Gasteiger charge is 2.09. The summed E-state index contributed by atoms with van der Waals surface area (Å²) >= 11 is 1.35. The molecule has 2 aromatic heterocycles. The maximum atomic E-state index is 4.35. The molecule has 3 aromatic rings. The van der Waals surface area contributed by atoms with Crippen molar-refractivity contribution >= 4 is 17.2 Å². The number of benzene rings is 1. The van der Waals surface area contributed by atoms with Crippen molar-refractivity contribution in [3.63, 3.8) is 0 Å². The Kier molecular flexibility index (Phi) is 3.20. The predicted molar refractivity (Wildman–Crippen MR) is 73.8 cm³/mol. The number of hydrogen-bond donors (Lipinski definition) is 2. The van der Waals surface area contributed by atoms with Gasteiger partial charge in [-0.1, -0.05) is 16.6 Å². The van der Waals surface area contributed by atoms with Gasteiger partial charge in [0.15, 0.2) is 5.82 Å². The van der Waals surface area contributed by atoms with E-state index in [9.17, 15) is 0 Å². The molecule has 3 rings (SSSR count). The minimum atomic E-state index is 0.636. The molecule has 0 bridgehead atoms. The van der Waals surface area contributed by atoms with Gasteiger partial charge in [0, 0.05) is 16.6 Å². The van der Waals surface area contributed by atoms with E-state index in [2.05, 4.69) is 30.1 Å². The summed E-state index contributed by atoms with van der Waals surface area (Å²) in [6.45, 7) is 2.52. The molecule has 0 atom stereocenters. The first kappa shape index (κ1) is 11.8. The number of aromatic nitrogens is 5. The van der Waals surface area contributed by atoms with Crippen LogP contribution in [0.2, 0.25) is 0 Å². The van der Waals surface area contributed by atoms with Crippen molar-refractivity contribution in [2.24, 2.45) is 0 Å². The van der Waals surface area contributed by atoms with Crippen molar-refractivity contribution in [1.29, 1.82) is 0 Å². The van der Waals surface area contributed by atoms with Gasteiger partial charge >= 0.3 is 0 Å². The van der Waals surface area contributed by atoms with Crippen LogP contribution in [0.1, 0.15) is 11.5 Å². The largest absolute Gasteiger partial charge is 0.379 e. The van der Waals surface area contributed by atoms with Gasteiger partial charge in [-0.2, -0.15) is 5.10 Å². The van der Waals surface area contributed by atoms with E-state index in [1.54, 1.807) is 0 Å². The number of aryl methyl sites for hydroxylation is 1. The van der Waals surface area contributed by atoms with Crippen molar-refractivity contribution in [3.8, 4) is 11.4 Å². The van der Waals surface area contributed by atoms with Gasteiger partial charge in [0.2, 0.25) is 0 Å². The van der Waals surface area contributed by atoms with Crippen molar-refractivity contribution in [3.05, 3.63) is 41.2 Å². The number of anilines is 1. The number of nitrogens with one attached hydrogen (secondary N) is 2. The third-order valence-electron chi connectivity index (χ3n) is 2.63. The third kappa shape index (κ3) is 2.60. The maximum Gasteiger partial charge on any atom is 0.183 e. The van der Waals surface area contributed by atoms with Gasteiger partial charge in [0.25, 0.3) is 0 Å². The Morgan fingerprint density at radius 3 is 2.95 bits per heavy atom. The van der Waals surface area contributed by atoms with E-state index >= 15 is 0 Å². The Hall–Kier alpha value is -2.28.